The van der Waals surface area contributed by atoms with E-state index in [0.717, 1.165) is 36.1 Å². The lowest BCUT2D eigenvalue weighted by Crippen LogP contribution is -2.33. The molecule has 0 aliphatic heterocycles. The third kappa shape index (κ3) is 2.68. The van der Waals surface area contributed by atoms with Gasteiger partial charge in [0, 0.05) is 0 Å². The Labute approximate surface area is 141 Å². The van der Waals surface area contributed by atoms with Crippen LogP contribution in [0.1, 0.15) is 48.7 Å². The van der Waals surface area contributed by atoms with Crippen LogP contribution in [0.4, 0.5) is 0 Å². The van der Waals surface area contributed by atoms with Gasteiger partial charge in [-0.2, -0.15) is 0 Å². The summed E-state index contributed by atoms with van der Waals surface area (Å²) in [5, 5.41) is 3.14. The lowest BCUT2D eigenvalue weighted by atomic mass is 9.82. The van der Waals surface area contributed by atoms with Gasteiger partial charge in [-0.1, -0.05) is 36.4 Å². The molecule has 0 saturated carbocycles. The molecule has 0 bridgehead atoms. The minimum atomic E-state index is -0.140. The summed E-state index contributed by atoms with van der Waals surface area (Å²) in [6.07, 6.45) is 3.04. The quantitative estimate of drug-likeness (QED) is 0.770. The first-order chi connectivity index (χ1) is 11.7. The van der Waals surface area contributed by atoms with E-state index in [4.69, 9.17) is 0 Å². The predicted octanol–water partition coefficient (Wildman–Crippen LogP) is 3.86. The molecule has 1 aliphatic carbocycles. The molecule has 4 rings (SSSR count). The summed E-state index contributed by atoms with van der Waals surface area (Å²) in [5.74, 6) is 0.838. The average molecular weight is 319 g/mol. The van der Waals surface area contributed by atoms with Crippen LogP contribution in [0.2, 0.25) is 0 Å². The summed E-state index contributed by atoms with van der Waals surface area (Å²) in [6.45, 7) is 1.98. The van der Waals surface area contributed by atoms with E-state index < -0.39 is 0 Å². The van der Waals surface area contributed by atoms with Crippen LogP contribution >= 0.6 is 0 Å². The molecule has 122 valence electrons. The maximum Gasteiger partial charge on any atom is 0.228 e. The van der Waals surface area contributed by atoms with E-state index in [1.54, 1.807) is 0 Å². The number of imidazole rings is 1. The number of H-pyrrole nitrogens is 1. The first kappa shape index (κ1) is 14.9. The van der Waals surface area contributed by atoms with Crippen molar-refractivity contribution in [3.8, 4) is 0 Å². The van der Waals surface area contributed by atoms with Crippen LogP contribution in [0.15, 0.2) is 48.5 Å². The number of hydrogen-bond donors (Lipinski definition) is 2. The highest BCUT2D eigenvalue weighted by Gasteiger charge is 2.27. The molecular formula is C20H21N3O. The van der Waals surface area contributed by atoms with E-state index in [9.17, 15) is 4.79 Å². The van der Waals surface area contributed by atoms with E-state index in [1.807, 2.05) is 37.3 Å². The Morgan fingerprint density at radius 2 is 2.00 bits per heavy atom. The third-order valence-corrected chi connectivity index (χ3v) is 4.86. The van der Waals surface area contributed by atoms with Crippen molar-refractivity contribution in [3.05, 3.63) is 65.5 Å². The van der Waals surface area contributed by atoms with Crippen LogP contribution in [0.25, 0.3) is 11.0 Å². The van der Waals surface area contributed by atoms with E-state index in [-0.39, 0.29) is 17.9 Å². The molecule has 24 heavy (non-hydrogen) atoms. The summed E-state index contributed by atoms with van der Waals surface area (Å²) < 4.78 is 0. The Morgan fingerprint density at radius 1 is 1.21 bits per heavy atom. The number of carbonyl (C=O) groups is 1. The molecule has 4 nitrogen and oxygen atoms in total. The van der Waals surface area contributed by atoms with Crippen molar-refractivity contribution in [3.63, 3.8) is 0 Å². The number of carbonyl (C=O) groups excluding carboxylic acids is 1. The Balaban J connectivity index is 1.54. The largest absolute Gasteiger partial charge is 0.346 e. The van der Waals surface area contributed by atoms with Crippen molar-refractivity contribution in [1.29, 1.82) is 0 Å². The zero-order chi connectivity index (χ0) is 16.5. The van der Waals surface area contributed by atoms with Gasteiger partial charge in [0.1, 0.15) is 5.82 Å². The number of nitrogens with zero attached hydrogens (tertiary/aromatic N) is 1. The van der Waals surface area contributed by atoms with Crippen LogP contribution in [0.5, 0.6) is 0 Å². The van der Waals surface area contributed by atoms with Gasteiger partial charge in [0.05, 0.1) is 23.0 Å². The van der Waals surface area contributed by atoms with Gasteiger partial charge in [0.25, 0.3) is 0 Å². The number of para-hydroxylation sites is 2. The van der Waals surface area contributed by atoms with Crippen LogP contribution in [0, 0.1) is 0 Å². The molecule has 0 fully saturated rings. The Hall–Kier alpha value is -2.62. The zero-order valence-corrected chi connectivity index (χ0v) is 13.8. The van der Waals surface area contributed by atoms with Crippen molar-refractivity contribution < 1.29 is 4.79 Å². The number of fused-ring (bicyclic) bond motifs is 2. The number of aromatic amines is 1. The van der Waals surface area contributed by atoms with Gasteiger partial charge in [-0.05, 0) is 49.4 Å². The highest BCUT2D eigenvalue weighted by atomic mass is 16.1. The van der Waals surface area contributed by atoms with Crippen molar-refractivity contribution >= 4 is 16.9 Å². The van der Waals surface area contributed by atoms with Crippen molar-refractivity contribution in [2.75, 3.05) is 0 Å². The number of benzene rings is 2. The number of hydrogen-bond acceptors (Lipinski definition) is 2. The first-order valence-electron chi connectivity index (χ1n) is 8.55. The van der Waals surface area contributed by atoms with Crippen LogP contribution < -0.4 is 5.32 Å². The van der Waals surface area contributed by atoms with Crippen LogP contribution in [0.3, 0.4) is 0 Å². The lowest BCUT2D eigenvalue weighted by molar-refractivity contribution is -0.123. The van der Waals surface area contributed by atoms with Gasteiger partial charge >= 0.3 is 0 Å². The molecule has 2 N–H and O–H groups in total. The smallest absolute Gasteiger partial charge is 0.228 e. The van der Waals surface area contributed by atoms with E-state index in [1.165, 1.54) is 11.1 Å². The molecule has 3 aromatic rings. The predicted molar refractivity (Wildman–Crippen MR) is 94.8 cm³/mol. The van der Waals surface area contributed by atoms with Crippen molar-refractivity contribution in [1.82, 2.24) is 15.3 Å². The van der Waals surface area contributed by atoms with Gasteiger partial charge in [-0.3, -0.25) is 4.79 Å². The minimum absolute atomic E-state index is 0.0539. The Bertz CT molecular complexity index is 850. The molecule has 2 atom stereocenters. The van der Waals surface area contributed by atoms with Crippen LogP contribution in [-0.4, -0.2) is 15.9 Å². The highest BCUT2D eigenvalue weighted by molar-refractivity contribution is 5.84. The van der Waals surface area contributed by atoms with Gasteiger partial charge in [0.15, 0.2) is 0 Å². The molecule has 2 unspecified atom stereocenters. The summed E-state index contributed by atoms with van der Waals surface area (Å²) in [5.41, 5.74) is 4.41. The topological polar surface area (TPSA) is 57.8 Å². The van der Waals surface area contributed by atoms with E-state index in [2.05, 4.69) is 33.5 Å². The molecule has 1 aromatic heterocycles. The van der Waals surface area contributed by atoms with Gasteiger partial charge in [-0.15, -0.1) is 0 Å². The maximum absolute atomic E-state index is 12.8. The number of nitrogens with one attached hydrogen (secondary N) is 2. The molecule has 4 heteroatoms. The normalized spacial score (nSPS) is 18.1. The fraction of sp³-hybridized carbons (Fsp3) is 0.300. The first-order valence-corrected chi connectivity index (χ1v) is 8.55. The molecule has 1 amide bonds. The van der Waals surface area contributed by atoms with Gasteiger partial charge in [0.2, 0.25) is 5.91 Å². The number of aromatic nitrogens is 2. The molecule has 1 heterocycles. The van der Waals surface area contributed by atoms with Gasteiger partial charge < -0.3 is 10.3 Å². The SMILES string of the molecule is CC(NC(=O)C1CCCc2ccccc21)c1nc2ccccc2[nH]1. The minimum Gasteiger partial charge on any atom is -0.346 e. The third-order valence-electron chi connectivity index (χ3n) is 4.86. The van der Waals surface area contributed by atoms with Gasteiger partial charge in [-0.25, -0.2) is 4.98 Å². The molecular weight excluding hydrogens is 298 g/mol. The summed E-state index contributed by atoms with van der Waals surface area (Å²) >= 11 is 0. The average Bonchev–Trinajstić information content (AvgIpc) is 3.05. The second-order valence-electron chi connectivity index (χ2n) is 6.51. The molecule has 0 radical (unpaired) electrons. The lowest BCUT2D eigenvalue weighted by Gasteiger charge is -2.25. The highest BCUT2D eigenvalue weighted by Crippen LogP contribution is 2.32. The summed E-state index contributed by atoms with van der Waals surface area (Å²) in [4.78, 5) is 20.7. The monoisotopic (exact) mass is 319 g/mol. The van der Waals surface area contributed by atoms with Crippen molar-refractivity contribution in [2.45, 2.75) is 38.1 Å². The maximum atomic E-state index is 12.8. The molecule has 2 aromatic carbocycles. The molecule has 0 saturated heterocycles. The Kier molecular flexibility index (Phi) is 3.81. The molecule has 1 aliphatic rings. The van der Waals surface area contributed by atoms with E-state index in [0.29, 0.717) is 0 Å². The Morgan fingerprint density at radius 3 is 2.88 bits per heavy atom. The number of rotatable bonds is 3. The second kappa shape index (κ2) is 6.11. The zero-order valence-electron chi connectivity index (χ0n) is 13.8. The number of aryl methyl sites for hydroxylation is 1. The molecule has 0 spiro atoms. The van der Waals surface area contributed by atoms with Crippen LogP contribution in [-0.2, 0) is 11.2 Å². The fourth-order valence-corrected chi connectivity index (χ4v) is 3.59. The standard InChI is InChI=1S/C20H21N3O/c1-13(19-22-17-11-4-5-12-18(17)23-19)21-20(24)16-10-6-8-14-7-2-3-9-15(14)16/h2-5,7,9,11-13,16H,6,8,10H2,1H3,(H,21,24)(H,22,23). The second-order valence-corrected chi connectivity index (χ2v) is 6.51. The van der Waals surface area contributed by atoms with E-state index >= 15 is 0 Å². The summed E-state index contributed by atoms with van der Waals surface area (Å²) in [7, 11) is 0. The van der Waals surface area contributed by atoms with Crippen molar-refractivity contribution in [2.24, 2.45) is 0 Å². The number of amides is 1. The summed E-state index contributed by atoms with van der Waals surface area (Å²) in [6, 6.07) is 16.1. The fourth-order valence-electron chi connectivity index (χ4n) is 3.59.